The molecule has 1 amide bonds. The van der Waals surface area contributed by atoms with E-state index in [0.29, 0.717) is 24.1 Å². The fraction of sp³-hybridized carbons (Fsp3) is 0.357. The largest absolute Gasteiger partial charge is 0.325 e. The van der Waals surface area contributed by atoms with Crippen LogP contribution in [0.3, 0.4) is 0 Å². The summed E-state index contributed by atoms with van der Waals surface area (Å²) in [5.74, 6) is -0.456. The Bertz CT molecular complexity index is 569. The van der Waals surface area contributed by atoms with Gasteiger partial charge in [-0.3, -0.25) is 14.9 Å². The monoisotopic (exact) mass is 275 g/mol. The first-order valence-electron chi connectivity index (χ1n) is 6.53. The number of hydrogen-bond donors (Lipinski definition) is 2. The van der Waals surface area contributed by atoms with E-state index < -0.39 is 4.92 Å². The number of benzene rings is 1. The zero-order chi connectivity index (χ0) is 14.7. The molecule has 0 aromatic heterocycles. The van der Waals surface area contributed by atoms with Gasteiger partial charge in [-0.2, -0.15) is 0 Å². The van der Waals surface area contributed by atoms with Gasteiger partial charge in [0.1, 0.15) is 0 Å². The molecule has 0 saturated heterocycles. The molecule has 2 atom stereocenters. The Kier molecular flexibility index (Phi) is 4.14. The van der Waals surface area contributed by atoms with Crippen molar-refractivity contribution in [3.05, 3.63) is 46.0 Å². The van der Waals surface area contributed by atoms with Crippen LogP contribution < -0.4 is 11.1 Å². The molecule has 0 saturated carbocycles. The number of rotatable bonds is 4. The molecule has 0 fully saturated rings. The van der Waals surface area contributed by atoms with Gasteiger partial charge in [0.05, 0.1) is 10.8 Å². The van der Waals surface area contributed by atoms with Gasteiger partial charge in [-0.1, -0.05) is 25.1 Å². The maximum atomic E-state index is 12.0. The quantitative estimate of drug-likeness (QED) is 0.498. The molecule has 106 valence electrons. The minimum Gasteiger partial charge on any atom is -0.325 e. The standard InChI is InChI=1S/C14H17N3O3/c1-2-9-4-6-12(8-13(9)17(19)20)16-14(18)10-3-5-11(15)7-10/h3-6,8,10-11H,2,7,15H2,1H3,(H,16,18). The zero-order valence-electron chi connectivity index (χ0n) is 11.2. The van der Waals surface area contributed by atoms with E-state index in [2.05, 4.69) is 5.32 Å². The normalized spacial score (nSPS) is 20.9. The molecule has 20 heavy (non-hydrogen) atoms. The number of anilines is 1. The zero-order valence-corrected chi connectivity index (χ0v) is 11.2. The van der Waals surface area contributed by atoms with Crippen molar-refractivity contribution in [3.63, 3.8) is 0 Å². The molecule has 2 unspecified atom stereocenters. The van der Waals surface area contributed by atoms with Crippen molar-refractivity contribution < 1.29 is 9.72 Å². The summed E-state index contributed by atoms with van der Waals surface area (Å²) in [6.07, 6.45) is 4.72. The summed E-state index contributed by atoms with van der Waals surface area (Å²) < 4.78 is 0. The van der Waals surface area contributed by atoms with Crippen LogP contribution in [0.15, 0.2) is 30.4 Å². The van der Waals surface area contributed by atoms with Gasteiger partial charge in [-0.15, -0.1) is 0 Å². The number of carbonyl (C=O) groups excluding carboxylic acids is 1. The lowest BCUT2D eigenvalue weighted by Crippen LogP contribution is -2.24. The van der Waals surface area contributed by atoms with Gasteiger partial charge in [0.15, 0.2) is 0 Å². The number of nitrogens with zero attached hydrogens (tertiary/aromatic N) is 1. The number of nitro benzene ring substituents is 1. The van der Waals surface area contributed by atoms with Crippen LogP contribution in [-0.2, 0) is 11.2 Å². The average molecular weight is 275 g/mol. The number of nitrogens with one attached hydrogen (secondary N) is 1. The van der Waals surface area contributed by atoms with E-state index in [1.165, 1.54) is 6.07 Å². The van der Waals surface area contributed by atoms with Gasteiger partial charge < -0.3 is 11.1 Å². The van der Waals surface area contributed by atoms with Crippen LogP contribution in [0.2, 0.25) is 0 Å². The summed E-state index contributed by atoms with van der Waals surface area (Å²) in [4.78, 5) is 22.6. The molecule has 6 nitrogen and oxygen atoms in total. The first-order valence-corrected chi connectivity index (χ1v) is 6.53. The van der Waals surface area contributed by atoms with Crippen LogP contribution in [0, 0.1) is 16.0 Å². The number of aryl methyl sites for hydroxylation is 1. The van der Waals surface area contributed by atoms with Crippen molar-refractivity contribution in [1.29, 1.82) is 0 Å². The van der Waals surface area contributed by atoms with Crippen molar-refractivity contribution in [2.45, 2.75) is 25.8 Å². The first kappa shape index (κ1) is 14.2. The van der Waals surface area contributed by atoms with Gasteiger partial charge in [-0.25, -0.2) is 0 Å². The number of nitro groups is 1. The van der Waals surface area contributed by atoms with Crippen LogP contribution >= 0.6 is 0 Å². The molecule has 1 aliphatic carbocycles. The van der Waals surface area contributed by atoms with Gasteiger partial charge in [0, 0.05) is 23.4 Å². The van der Waals surface area contributed by atoms with E-state index in [1.807, 2.05) is 6.92 Å². The van der Waals surface area contributed by atoms with E-state index in [-0.39, 0.29) is 23.6 Å². The summed E-state index contributed by atoms with van der Waals surface area (Å²) in [6, 6.07) is 4.66. The van der Waals surface area contributed by atoms with Crippen LogP contribution in [0.1, 0.15) is 18.9 Å². The van der Waals surface area contributed by atoms with E-state index in [4.69, 9.17) is 5.73 Å². The fourth-order valence-corrected chi connectivity index (χ4v) is 2.27. The fourth-order valence-electron chi connectivity index (χ4n) is 2.27. The Morgan fingerprint density at radius 3 is 2.80 bits per heavy atom. The lowest BCUT2D eigenvalue weighted by Gasteiger charge is -2.11. The van der Waals surface area contributed by atoms with Crippen LogP contribution in [0.5, 0.6) is 0 Å². The molecule has 1 aliphatic rings. The summed E-state index contributed by atoms with van der Waals surface area (Å²) in [7, 11) is 0. The first-order chi connectivity index (χ1) is 9.51. The topological polar surface area (TPSA) is 98.3 Å². The maximum absolute atomic E-state index is 12.0. The molecule has 2 rings (SSSR count). The summed E-state index contributed by atoms with van der Waals surface area (Å²) >= 11 is 0. The molecule has 1 aromatic rings. The maximum Gasteiger partial charge on any atom is 0.274 e. The van der Waals surface area contributed by atoms with Crippen LogP contribution in [0.4, 0.5) is 11.4 Å². The minimum atomic E-state index is -0.431. The highest BCUT2D eigenvalue weighted by Gasteiger charge is 2.23. The molecule has 0 spiro atoms. The van der Waals surface area contributed by atoms with E-state index in [9.17, 15) is 14.9 Å². The van der Waals surface area contributed by atoms with E-state index in [1.54, 1.807) is 24.3 Å². The third-order valence-electron chi connectivity index (χ3n) is 3.38. The lowest BCUT2D eigenvalue weighted by molar-refractivity contribution is -0.385. The molecule has 6 heteroatoms. The smallest absolute Gasteiger partial charge is 0.274 e. The summed E-state index contributed by atoms with van der Waals surface area (Å²) in [5, 5.41) is 13.7. The SMILES string of the molecule is CCc1ccc(NC(=O)C2C=CC(N)C2)cc1[N+](=O)[O-]. The predicted molar refractivity (Wildman–Crippen MR) is 76.3 cm³/mol. The Hall–Kier alpha value is -2.21. The van der Waals surface area contributed by atoms with Crippen molar-refractivity contribution in [3.8, 4) is 0 Å². The van der Waals surface area contributed by atoms with Crippen molar-refractivity contribution in [2.24, 2.45) is 11.7 Å². The molecule has 0 radical (unpaired) electrons. The van der Waals surface area contributed by atoms with Crippen LogP contribution in [-0.4, -0.2) is 16.9 Å². The Labute approximate surface area is 116 Å². The second kappa shape index (κ2) is 5.83. The second-order valence-electron chi connectivity index (χ2n) is 4.83. The highest BCUT2D eigenvalue weighted by atomic mass is 16.6. The molecular weight excluding hydrogens is 258 g/mol. The number of hydrogen-bond acceptors (Lipinski definition) is 4. The van der Waals surface area contributed by atoms with Gasteiger partial charge in [0.2, 0.25) is 5.91 Å². The van der Waals surface area contributed by atoms with E-state index >= 15 is 0 Å². The van der Waals surface area contributed by atoms with Gasteiger partial charge in [0.25, 0.3) is 5.69 Å². The van der Waals surface area contributed by atoms with Crippen molar-refractivity contribution >= 4 is 17.3 Å². The summed E-state index contributed by atoms with van der Waals surface area (Å²) in [5.41, 5.74) is 6.82. The molecular formula is C14H17N3O3. The third-order valence-corrected chi connectivity index (χ3v) is 3.38. The predicted octanol–water partition coefficient (Wildman–Crippen LogP) is 2.00. The lowest BCUT2D eigenvalue weighted by atomic mass is 10.1. The highest BCUT2D eigenvalue weighted by Crippen LogP contribution is 2.25. The minimum absolute atomic E-state index is 0.0314. The number of amides is 1. The summed E-state index contributed by atoms with van der Waals surface area (Å²) in [6.45, 7) is 1.85. The molecule has 1 aromatic carbocycles. The number of nitrogens with two attached hydrogens (primary N) is 1. The van der Waals surface area contributed by atoms with Gasteiger partial charge >= 0.3 is 0 Å². The second-order valence-corrected chi connectivity index (χ2v) is 4.83. The Morgan fingerprint density at radius 2 is 2.25 bits per heavy atom. The molecule has 0 aliphatic heterocycles. The average Bonchev–Trinajstić information content (AvgIpc) is 2.85. The van der Waals surface area contributed by atoms with Crippen LogP contribution in [0.25, 0.3) is 0 Å². The van der Waals surface area contributed by atoms with Crippen molar-refractivity contribution in [1.82, 2.24) is 0 Å². The Balaban J connectivity index is 2.14. The van der Waals surface area contributed by atoms with Gasteiger partial charge in [-0.05, 0) is 18.9 Å². The third kappa shape index (κ3) is 3.03. The number of carbonyl (C=O) groups is 1. The molecule has 3 N–H and O–H groups in total. The van der Waals surface area contributed by atoms with Crippen molar-refractivity contribution in [2.75, 3.05) is 5.32 Å². The Morgan fingerprint density at radius 1 is 1.50 bits per heavy atom. The molecule has 0 heterocycles. The molecule has 0 bridgehead atoms. The van der Waals surface area contributed by atoms with E-state index in [0.717, 1.165) is 0 Å². The highest BCUT2D eigenvalue weighted by molar-refractivity contribution is 5.94.